The van der Waals surface area contributed by atoms with Crippen molar-refractivity contribution in [1.29, 1.82) is 0 Å². The molecule has 1 unspecified atom stereocenters. The molecule has 0 radical (unpaired) electrons. The summed E-state index contributed by atoms with van der Waals surface area (Å²) in [4.78, 5) is 14.0. The number of likely N-dealkylation sites (tertiary alicyclic amines) is 1. The summed E-state index contributed by atoms with van der Waals surface area (Å²) in [5.41, 5.74) is 0. The van der Waals surface area contributed by atoms with Gasteiger partial charge in [-0.15, -0.1) is 0 Å². The number of carbonyl (C=O) groups excluding carboxylic acids is 1. The molecule has 1 saturated heterocycles. The Kier molecular flexibility index (Phi) is 4.39. The summed E-state index contributed by atoms with van der Waals surface area (Å²) in [7, 11) is 0. The Morgan fingerprint density at radius 2 is 2.29 bits per heavy atom. The Morgan fingerprint density at radius 3 is 2.86 bits per heavy atom. The number of nitrogens with zero attached hydrogens (tertiary/aromatic N) is 1. The van der Waals surface area contributed by atoms with Crippen LogP contribution in [0.1, 0.15) is 33.6 Å². The smallest absolute Gasteiger partial charge is 0.237 e. The van der Waals surface area contributed by atoms with E-state index in [4.69, 9.17) is 0 Å². The molecule has 14 heavy (non-hydrogen) atoms. The maximum atomic E-state index is 11.7. The molecule has 1 heterocycles. The van der Waals surface area contributed by atoms with Gasteiger partial charge in [0.15, 0.2) is 0 Å². The van der Waals surface area contributed by atoms with Crippen LogP contribution in [0.3, 0.4) is 0 Å². The number of nitrogens with one attached hydrogen (secondary N) is 1. The fourth-order valence-corrected chi connectivity index (χ4v) is 2.10. The van der Waals surface area contributed by atoms with Gasteiger partial charge in [-0.3, -0.25) is 9.69 Å². The second-order valence-corrected chi connectivity index (χ2v) is 4.44. The summed E-state index contributed by atoms with van der Waals surface area (Å²) in [5.74, 6) is 0.857. The molecule has 0 spiro atoms. The van der Waals surface area contributed by atoms with E-state index in [9.17, 15) is 4.79 Å². The van der Waals surface area contributed by atoms with Gasteiger partial charge in [-0.05, 0) is 32.2 Å². The summed E-state index contributed by atoms with van der Waals surface area (Å²) < 4.78 is 0. The zero-order valence-electron chi connectivity index (χ0n) is 9.55. The molecular weight excluding hydrogens is 180 g/mol. The lowest BCUT2D eigenvalue weighted by Crippen LogP contribution is -2.44. The third-order valence-electron chi connectivity index (χ3n) is 2.62. The number of hydrogen-bond donors (Lipinski definition) is 1. The second kappa shape index (κ2) is 5.35. The number of carbonyl (C=O) groups is 1. The molecule has 0 aromatic rings. The largest absolute Gasteiger partial charge is 0.355 e. The molecule has 82 valence electrons. The quantitative estimate of drug-likeness (QED) is 0.549. The molecule has 0 aromatic carbocycles. The minimum atomic E-state index is 0.136. The van der Waals surface area contributed by atoms with Gasteiger partial charge in [0.25, 0.3) is 0 Å². The maximum absolute atomic E-state index is 11.7. The van der Waals surface area contributed by atoms with Crippen LogP contribution in [0.15, 0.2) is 0 Å². The summed E-state index contributed by atoms with van der Waals surface area (Å²) in [6, 6.07) is 0.136. The van der Waals surface area contributed by atoms with Crippen LogP contribution < -0.4 is 5.32 Å². The van der Waals surface area contributed by atoms with Gasteiger partial charge >= 0.3 is 0 Å². The van der Waals surface area contributed by atoms with Crippen LogP contribution in [0, 0.1) is 5.92 Å². The fraction of sp³-hybridized carbons (Fsp3) is 0.909. The number of hydrogen-bond acceptors (Lipinski definition) is 2. The molecule has 1 aliphatic rings. The highest BCUT2D eigenvalue weighted by atomic mass is 16.2. The minimum absolute atomic E-state index is 0.136. The summed E-state index contributed by atoms with van der Waals surface area (Å²) >= 11 is 0. The first-order chi connectivity index (χ1) is 6.65. The maximum Gasteiger partial charge on any atom is 0.237 e. The van der Waals surface area contributed by atoms with Gasteiger partial charge in [0.1, 0.15) is 0 Å². The topological polar surface area (TPSA) is 32.3 Å². The predicted octanol–water partition coefficient (Wildman–Crippen LogP) is 1.24. The number of amides is 1. The molecule has 1 atom stereocenters. The highest BCUT2D eigenvalue weighted by Gasteiger charge is 2.30. The van der Waals surface area contributed by atoms with E-state index in [2.05, 4.69) is 24.1 Å². The van der Waals surface area contributed by atoms with Crippen molar-refractivity contribution in [1.82, 2.24) is 10.2 Å². The van der Waals surface area contributed by atoms with Gasteiger partial charge in [-0.25, -0.2) is 0 Å². The lowest BCUT2D eigenvalue weighted by atomic mass is 10.2. The zero-order chi connectivity index (χ0) is 10.6. The standard InChI is InChI=1S/C11H22N2O/c1-4-12-11(14)10-6-5-7-13(10)8-9(2)3/h9-10H,4-8H2,1-3H3,(H,12,14)/i1+1,4+1,8+1,13+1. The molecule has 1 N–H and O–H groups in total. The van der Waals surface area contributed by atoms with Crippen molar-refractivity contribution in [3.63, 3.8) is 0 Å². The molecule has 3 heteroatoms. The van der Waals surface area contributed by atoms with Gasteiger partial charge in [-0.2, -0.15) is 0 Å². The monoisotopic (exact) mass is 202 g/mol. The van der Waals surface area contributed by atoms with Gasteiger partial charge < -0.3 is 5.32 Å². The third-order valence-corrected chi connectivity index (χ3v) is 2.62. The van der Waals surface area contributed by atoms with Crippen molar-refractivity contribution in [2.45, 2.75) is 39.7 Å². The van der Waals surface area contributed by atoms with Crippen molar-refractivity contribution in [2.75, 3.05) is 19.6 Å². The van der Waals surface area contributed by atoms with E-state index < -0.39 is 0 Å². The molecule has 1 aliphatic heterocycles. The lowest BCUT2D eigenvalue weighted by molar-refractivity contribution is -0.125. The number of likely N-dealkylation sites (N-methyl/N-ethyl adjacent to an activating group) is 1. The predicted molar refractivity (Wildman–Crippen MR) is 58.1 cm³/mol. The van der Waals surface area contributed by atoms with Crippen LogP contribution in [0.2, 0.25) is 0 Å². The normalized spacial score (nSPS) is 23.0. The van der Waals surface area contributed by atoms with Crippen molar-refractivity contribution >= 4 is 5.91 Å². The Balaban J connectivity index is 2.46. The van der Waals surface area contributed by atoms with Crippen molar-refractivity contribution in [3.05, 3.63) is 0 Å². The fourth-order valence-electron chi connectivity index (χ4n) is 2.10. The van der Waals surface area contributed by atoms with Crippen molar-refractivity contribution in [3.8, 4) is 0 Å². The minimum Gasteiger partial charge on any atom is -0.355 e. The van der Waals surface area contributed by atoms with E-state index in [-0.39, 0.29) is 11.9 Å². The summed E-state index contributed by atoms with van der Waals surface area (Å²) in [5, 5.41) is 2.91. The Labute approximate surface area is 86.9 Å². The zero-order valence-corrected chi connectivity index (χ0v) is 9.55. The van der Waals surface area contributed by atoms with E-state index in [0.717, 1.165) is 32.5 Å². The van der Waals surface area contributed by atoms with Gasteiger partial charge in [0, 0.05) is 13.1 Å². The van der Waals surface area contributed by atoms with Gasteiger partial charge in [0.05, 0.1) is 6.04 Å². The first kappa shape index (κ1) is 11.5. The van der Waals surface area contributed by atoms with E-state index in [0.29, 0.717) is 5.92 Å². The molecule has 0 bridgehead atoms. The Bertz CT molecular complexity index is 192. The molecule has 1 fully saturated rings. The Hall–Kier alpha value is -0.570. The first-order valence-electron chi connectivity index (χ1n) is 5.67. The molecule has 1 rings (SSSR count). The van der Waals surface area contributed by atoms with E-state index in [1.807, 2.05) is 6.92 Å². The molecule has 0 aromatic heterocycles. The van der Waals surface area contributed by atoms with Crippen LogP contribution in [-0.4, -0.2) is 36.5 Å². The summed E-state index contributed by atoms with van der Waals surface area (Å²) in [6.45, 7) is 9.24. The number of rotatable bonds is 4. The average Bonchev–Trinajstić information content (AvgIpc) is 2.51. The average molecular weight is 202 g/mol. The first-order valence-corrected chi connectivity index (χ1v) is 5.67. The highest BCUT2D eigenvalue weighted by Crippen LogP contribution is 2.18. The van der Waals surface area contributed by atoms with Crippen LogP contribution in [-0.2, 0) is 4.79 Å². The molecule has 1 amide bonds. The van der Waals surface area contributed by atoms with Gasteiger partial charge in [-0.1, -0.05) is 13.8 Å². The van der Waals surface area contributed by atoms with Crippen LogP contribution >= 0.6 is 0 Å². The SMILES string of the molecule is CC(C)[13CH2][15N]1CCCC1C(=O)N[13CH2][13CH3]. The third kappa shape index (κ3) is 2.98. The van der Waals surface area contributed by atoms with Crippen molar-refractivity contribution < 1.29 is 4.79 Å². The van der Waals surface area contributed by atoms with Crippen molar-refractivity contribution in [2.24, 2.45) is 5.92 Å². The molecule has 0 saturated carbocycles. The Morgan fingerprint density at radius 1 is 1.57 bits per heavy atom. The van der Waals surface area contributed by atoms with Gasteiger partial charge in [0.2, 0.25) is 5.91 Å². The van der Waals surface area contributed by atoms with Crippen LogP contribution in [0.4, 0.5) is 0 Å². The van der Waals surface area contributed by atoms with Crippen LogP contribution in [0.5, 0.6) is 0 Å². The summed E-state index contributed by atoms with van der Waals surface area (Å²) in [6.07, 6.45) is 2.19. The van der Waals surface area contributed by atoms with E-state index in [1.54, 1.807) is 0 Å². The van der Waals surface area contributed by atoms with E-state index in [1.165, 1.54) is 0 Å². The van der Waals surface area contributed by atoms with Crippen LogP contribution in [0.25, 0.3) is 0 Å². The molecule has 0 aliphatic carbocycles. The van der Waals surface area contributed by atoms with E-state index >= 15 is 0 Å². The molecule has 3 nitrogen and oxygen atoms in total. The lowest BCUT2D eigenvalue weighted by Gasteiger charge is -2.24. The second-order valence-electron chi connectivity index (χ2n) is 4.44. The molecular formula is C11H22N2O. The highest BCUT2D eigenvalue weighted by molar-refractivity contribution is 5.81.